The Labute approximate surface area is 159 Å². The van der Waals surface area contributed by atoms with Crippen molar-refractivity contribution < 1.29 is 21.6 Å². The zero-order chi connectivity index (χ0) is 19.7. The molecule has 144 valence electrons. The molecule has 1 fully saturated rings. The summed E-state index contributed by atoms with van der Waals surface area (Å²) >= 11 is 0. The Morgan fingerprint density at radius 2 is 1.81 bits per heavy atom. The number of amides is 1. The predicted octanol–water partition coefficient (Wildman–Crippen LogP) is 1.75. The minimum atomic E-state index is -3.76. The van der Waals surface area contributed by atoms with Crippen LogP contribution in [0.3, 0.4) is 0 Å². The van der Waals surface area contributed by atoms with Crippen LogP contribution in [-0.4, -0.2) is 52.2 Å². The summed E-state index contributed by atoms with van der Waals surface area (Å²) < 4.78 is 50.6. The summed E-state index contributed by atoms with van der Waals surface area (Å²) in [6.07, 6.45) is 0.408. The molecule has 1 N–H and O–H groups in total. The molecule has 27 heavy (non-hydrogen) atoms. The summed E-state index contributed by atoms with van der Waals surface area (Å²) in [6, 6.07) is 13.7. The van der Waals surface area contributed by atoms with E-state index in [2.05, 4.69) is 4.72 Å². The molecule has 0 spiro atoms. The van der Waals surface area contributed by atoms with E-state index in [1.807, 2.05) is 0 Å². The fourth-order valence-electron chi connectivity index (χ4n) is 2.98. The highest BCUT2D eigenvalue weighted by atomic mass is 32.2. The molecular formula is C18H20N2O5S2. The van der Waals surface area contributed by atoms with Crippen molar-refractivity contribution in [1.29, 1.82) is 0 Å². The smallest absolute Gasteiger partial charge is 0.261 e. The van der Waals surface area contributed by atoms with E-state index in [0.29, 0.717) is 6.42 Å². The molecule has 0 saturated carbocycles. The Hall–Kier alpha value is -2.39. The molecule has 3 rings (SSSR count). The van der Waals surface area contributed by atoms with Gasteiger partial charge in [0.05, 0.1) is 16.4 Å². The molecule has 1 aliphatic rings. The van der Waals surface area contributed by atoms with Crippen LogP contribution >= 0.6 is 0 Å². The van der Waals surface area contributed by atoms with Gasteiger partial charge in [0.1, 0.15) is 0 Å². The summed E-state index contributed by atoms with van der Waals surface area (Å²) in [4.78, 5) is 14.2. The van der Waals surface area contributed by atoms with Crippen molar-refractivity contribution in [2.24, 2.45) is 0 Å². The Bertz CT molecular complexity index is 1050. The average Bonchev–Trinajstić information content (AvgIpc) is 3.01. The van der Waals surface area contributed by atoms with Gasteiger partial charge in [0.2, 0.25) is 0 Å². The monoisotopic (exact) mass is 408 g/mol. The van der Waals surface area contributed by atoms with Crippen LogP contribution < -0.4 is 4.72 Å². The topological polar surface area (TPSA) is 101 Å². The first kappa shape index (κ1) is 19.4. The normalized spacial score (nSPS) is 18.8. The van der Waals surface area contributed by atoms with Gasteiger partial charge < -0.3 is 4.90 Å². The predicted molar refractivity (Wildman–Crippen MR) is 103 cm³/mol. The third-order valence-electron chi connectivity index (χ3n) is 4.49. The molecule has 0 aliphatic carbocycles. The molecule has 0 aromatic heterocycles. The number of sulfonamides is 1. The van der Waals surface area contributed by atoms with Gasteiger partial charge in [-0.05, 0) is 36.8 Å². The number of nitrogens with one attached hydrogen (secondary N) is 1. The van der Waals surface area contributed by atoms with Gasteiger partial charge in [0.15, 0.2) is 9.84 Å². The number of nitrogens with zero attached hydrogens (tertiary/aromatic N) is 1. The molecule has 1 heterocycles. The van der Waals surface area contributed by atoms with Crippen molar-refractivity contribution >= 4 is 31.5 Å². The highest BCUT2D eigenvalue weighted by Crippen LogP contribution is 2.21. The van der Waals surface area contributed by atoms with Crippen LogP contribution in [0.25, 0.3) is 0 Å². The second-order valence-corrected chi connectivity index (χ2v) is 10.4. The van der Waals surface area contributed by atoms with E-state index in [-0.39, 0.29) is 39.6 Å². The molecule has 7 nitrogen and oxygen atoms in total. The minimum absolute atomic E-state index is 0.0461. The number of carbonyl (C=O) groups is 1. The highest BCUT2D eigenvalue weighted by Gasteiger charge is 2.33. The lowest BCUT2D eigenvalue weighted by Crippen LogP contribution is -2.37. The van der Waals surface area contributed by atoms with Crippen molar-refractivity contribution in [2.45, 2.75) is 17.4 Å². The fraction of sp³-hybridized carbons (Fsp3) is 0.278. The van der Waals surface area contributed by atoms with E-state index in [1.54, 1.807) is 43.4 Å². The van der Waals surface area contributed by atoms with Crippen molar-refractivity contribution in [2.75, 3.05) is 23.3 Å². The van der Waals surface area contributed by atoms with Gasteiger partial charge in [0, 0.05) is 24.3 Å². The number of sulfone groups is 1. The molecule has 0 bridgehead atoms. The summed E-state index contributed by atoms with van der Waals surface area (Å²) in [7, 11) is -5.30. The standard InChI is InChI=1S/C18H20N2O5S2/c1-20(16-10-11-26(22,23)13-16)18(21)14-6-5-7-15(12-14)19-27(24,25)17-8-3-2-4-9-17/h2-9,12,16,19H,10-11,13H2,1H3. The van der Waals surface area contributed by atoms with Gasteiger partial charge in [-0.15, -0.1) is 0 Å². The Morgan fingerprint density at radius 1 is 1.11 bits per heavy atom. The molecular weight excluding hydrogens is 388 g/mol. The molecule has 1 aliphatic heterocycles. The van der Waals surface area contributed by atoms with E-state index < -0.39 is 19.9 Å². The van der Waals surface area contributed by atoms with Gasteiger partial charge in [0.25, 0.3) is 15.9 Å². The van der Waals surface area contributed by atoms with Crippen LogP contribution in [0.15, 0.2) is 59.5 Å². The number of carbonyl (C=O) groups excluding carboxylic acids is 1. The fourth-order valence-corrected chi connectivity index (χ4v) is 5.82. The summed E-state index contributed by atoms with van der Waals surface area (Å²) in [5.74, 6) is -0.320. The zero-order valence-corrected chi connectivity index (χ0v) is 16.3. The van der Waals surface area contributed by atoms with Gasteiger partial charge in [-0.1, -0.05) is 24.3 Å². The molecule has 2 aromatic carbocycles. The van der Waals surface area contributed by atoms with Crippen LogP contribution in [0.2, 0.25) is 0 Å². The van der Waals surface area contributed by atoms with E-state index >= 15 is 0 Å². The quantitative estimate of drug-likeness (QED) is 0.812. The third-order valence-corrected chi connectivity index (χ3v) is 7.64. The summed E-state index contributed by atoms with van der Waals surface area (Å²) in [6.45, 7) is 0. The lowest BCUT2D eigenvalue weighted by molar-refractivity contribution is 0.0747. The number of hydrogen-bond acceptors (Lipinski definition) is 5. The average molecular weight is 409 g/mol. The van der Waals surface area contributed by atoms with Crippen molar-refractivity contribution in [3.8, 4) is 0 Å². The molecule has 9 heteroatoms. The molecule has 1 atom stereocenters. The summed E-state index contributed by atoms with van der Waals surface area (Å²) in [5.41, 5.74) is 0.548. The largest absolute Gasteiger partial charge is 0.338 e. The third kappa shape index (κ3) is 4.48. The lowest BCUT2D eigenvalue weighted by Gasteiger charge is -2.23. The Kier molecular flexibility index (Phi) is 5.25. The van der Waals surface area contributed by atoms with E-state index in [9.17, 15) is 21.6 Å². The minimum Gasteiger partial charge on any atom is -0.338 e. The van der Waals surface area contributed by atoms with Crippen LogP contribution in [0.4, 0.5) is 5.69 Å². The van der Waals surface area contributed by atoms with E-state index in [4.69, 9.17) is 0 Å². The van der Waals surface area contributed by atoms with E-state index in [1.165, 1.54) is 23.1 Å². The van der Waals surface area contributed by atoms with Gasteiger partial charge >= 0.3 is 0 Å². The van der Waals surface area contributed by atoms with Crippen LogP contribution in [0.5, 0.6) is 0 Å². The van der Waals surface area contributed by atoms with Crippen molar-refractivity contribution in [3.63, 3.8) is 0 Å². The molecule has 0 radical (unpaired) electrons. The first-order valence-corrected chi connectivity index (χ1v) is 11.6. The first-order chi connectivity index (χ1) is 12.7. The van der Waals surface area contributed by atoms with E-state index in [0.717, 1.165) is 0 Å². The highest BCUT2D eigenvalue weighted by molar-refractivity contribution is 7.92. The number of anilines is 1. The molecule has 1 amide bonds. The SMILES string of the molecule is CN(C(=O)c1cccc(NS(=O)(=O)c2ccccc2)c1)C1CCS(=O)(=O)C1. The van der Waals surface area contributed by atoms with Crippen LogP contribution in [0, 0.1) is 0 Å². The van der Waals surface area contributed by atoms with Gasteiger partial charge in [-0.3, -0.25) is 9.52 Å². The second-order valence-electron chi connectivity index (χ2n) is 6.47. The maximum absolute atomic E-state index is 12.7. The first-order valence-electron chi connectivity index (χ1n) is 8.33. The lowest BCUT2D eigenvalue weighted by atomic mass is 10.1. The maximum atomic E-state index is 12.7. The van der Waals surface area contributed by atoms with Gasteiger partial charge in [-0.2, -0.15) is 0 Å². The summed E-state index contributed by atoms with van der Waals surface area (Å²) in [5, 5.41) is 0. The molecule has 1 unspecified atom stereocenters. The Balaban J connectivity index is 1.78. The van der Waals surface area contributed by atoms with Gasteiger partial charge in [-0.25, -0.2) is 16.8 Å². The Morgan fingerprint density at radius 3 is 2.44 bits per heavy atom. The second kappa shape index (κ2) is 7.32. The zero-order valence-electron chi connectivity index (χ0n) is 14.7. The molecule has 2 aromatic rings. The number of hydrogen-bond donors (Lipinski definition) is 1. The van der Waals surface area contributed by atoms with Crippen LogP contribution in [0.1, 0.15) is 16.8 Å². The number of benzene rings is 2. The maximum Gasteiger partial charge on any atom is 0.261 e. The van der Waals surface area contributed by atoms with Crippen LogP contribution in [-0.2, 0) is 19.9 Å². The van der Waals surface area contributed by atoms with Crippen molar-refractivity contribution in [1.82, 2.24) is 4.90 Å². The number of rotatable bonds is 5. The molecule has 1 saturated heterocycles. The van der Waals surface area contributed by atoms with Crippen molar-refractivity contribution in [3.05, 3.63) is 60.2 Å².